The number of rotatable bonds is 6. The van der Waals surface area contributed by atoms with E-state index < -0.39 is 11.8 Å². The molecule has 0 spiro atoms. The molecule has 1 aliphatic carbocycles. The first kappa shape index (κ1) is 20.0. The predicted octanol–water partition coefficient (Wildman–Crippen LogP) is 3.25. The molecular weight excluding hydrogens is 380 g/mol. The molecule has 0 saturated heterocycles. The first-order chi connectivity index (χ1) is 13.4. The van der Waals surface area contributed by atoms with Gasteiger partial charge in [-0.2, -0.15) is 0 Å². The molecule has 8 heteroatoms. The zero-order chi connectivity index (χ0) is 20.4. The number of carbonyl (C=O) groups excluding carboxylic acids is 2. The number of methoxy groups -OCH3 is 3. The Hall–Kier alpha value is -2.74. The molecule has 0 aliphatic heterocycles. The first-order valence-electron chi connectivity index (χ1n) is 8.95. The van der Waals surface area contributed by atoms with Crippen molar-refractivity contribution >= 4 is 28.2 Å². The lowest BCUT2D eigenvalue weighted by molar-refractivity contribution is 0.1000. The quantitative estimate of drug-likeness (QED) is 0.770. The zero-order valence-corrected chi connectivity index (χ0v) is 17.2. The summed E-state index contributed by atoms with van der Waals surface area (Å²) in [5.41, 5.74) is 7.28. The number of amides is 2. The standard InChI is InChI=1S/C20H24N2O5S/c1-10-5-6-11-16(7-10)28-20(17(11)18(21)23)22-19(24)12-8-14(26-3)15(27-4)9-13(12)25-2/h8-10H,5-7H2,1-4H3,(H2,21,23)(H,22,24)/t10-/m0/s1. The highest BCUT2D eigenvalue weighted by Gasteiger charge is 2.28. The van der Waals surface area contributed by atoms with Crippen LogP contribution in [0.1, 0.15) is 44.5 Å². The van der Waals surface area contributed by atoms with Crippen LogP contribution in [0.15, 0.2) is 12.1 Å². The van der Waals surface area contributed by atoms with Crippen molar-refractivity contribution in [3.8, 4) is 17.2 Å². The van der Waals surface area contributed by atoms with Gasteiger partial charge in [0.1, 0.15) is 10.8 Å². The predicted molar refractivity (Wildman–Crippen MR) is 108 cm³/mol. The van der Waals surface area contributed by atoms with Gasteiger partial charge in [-0.25, -0.2) is 0 Å². The summed E-state index contributed by atoms with van der Waals surface area (Å²) >= 11 is 1.42. The summed E-state index contributed by atoms with van der Waals surface area (Å²) in [6.45, 7) is 2.18. The molecule has 3 rings (SSSR count). The number of hydrogen-bond donors (Lipinski definition) is 2. The van der Waals surface area contributed by atoms with Gasteiger partial charge in [-0.1, -0.05) is 6.92 Å². The van der Waals surface area contributed by atoms with E-state index in [1.54, 1.807) is 12.1 Å². The van der Waals surface area contributed by atoms with Gasteiger partial charge in [-0.3, -0.25) is 9.59 Å². The Morgan fingerprint density at radius 3 is 2.36 bits per heavy atom. The molecule has 1 aromatic heterocycles. The monoisotopic (exact) mass is 404 g/mol. The maximum absolute atomic E-state index is 13.0. The van der Waals surface area contributed by atoms with Gasteiger partial charge in [0.25, 0.3) is 11.8 Å². The van der Waals surface area contributed by atoms with Gasteiger partial charge in [-0.05, 0) is 30.7 Å². The van der Waals surface area contributed by atoms with Crippen LogP contribution in [0.25, 0.3) is 0 Å². The second-order valence-corrected chi connectivity index (χ2v) is 7.89. The number of nitrogens with one attached hydrogen (secondary N) is 1. The van der Waals surface area contributed by atoms with Crippen molar-refractivity contribution in [1.82, 2.24) is 0 Å². The highest BCUT2D eigenvalue weighted by Crippen LogP contribution is 2.40. The van der Waals surface area contributed by atoms with Crippen LogP contribution in [0.2, 0.25) is 0 Å². The lowest BCUT2D eigenvalue weighted by Crippen LogP contribution is -2.19. The lowest BCUT2D eigenvalue weighted by atomic mass is 9.88. The summed E-state index contributed by atoms with van der Waals surface area (Å²) in [6.07, 6.45) is 2.68. The maximum atomic E-state index is 13.0. The summed E-state index contributed by atoms with van der Waals surface area (Å²) < 4.78 is 15.9. The normalized spacial score (nSPS) is 15.5. The molecule has 7 nitrogen and oxygen atoms in total. The largest absolute Gasteiger partial charge is 0.496 e. The van der Waals surface area contributed by atoms with Crippen LogP contribution >= 0.6 is 11.3 Å². The van der Waals surface area contributed by atoms with Crippen LogP contribution in [0, 0.1) is 5.92 Å². The Balaban J connectivity index is 1.99. The summed E-state index contributed by atoms with van der Waals surface area (Å²) in [5, 5.41) is 3.33. The minimum absolute atomic E-state index is 0.273. The molecule has 0 saturated carbocycles. The van der Waals surface area contributed by atoms with Gasteiger partial charge in [-0.15, -0.1) is 11.3 Å². The highest BCUT2D eigenvalue weighted by atomic mass is 32.1. The van der Waals surface area contributed by atoms with Gasteiger partial charge in [0.2, 0.25) is 0 Å². The van der Waals surface area contributed by atoms with Crippen molar-refractivity contribution < 1.29 is 23.8 Å². The van der Waals surface area contributed by atoms with Crippen molar-refractivity contribution in [1.29, 1.82) is 0 Å². The van der Waals surface area contributed by atoms with E-state index in [1.807, 2.05) is 0 Å². The third-order valence-corrected chi connectivity index (χ3v) is 6.11. The fourth-order valence-electron chi connectivity index (χ4n) is 3.48. The number of anilines is 1. The van der Waals surface area contributed by atoms with Gasteiger partial charge >= 0.3 is 0 Å². The second kappa shape index (κ2) is 8.10. The zero-order valence-electron chi connectivity index (χ0n) is 16.4. The molecule has 0 fully saturated rings. The van der Waals surface area contributed by atoms with Gasteiger partial charge in [0.05, 0.1) is 32.5 Å². The molecule has 1 atom stereocenters. The third-order valence-electron chi connectivity index (χ3n) is 4.94. The van der Waals surface area contributed by atoms with Crippen LogP contribution in [0.3, 0.4) is 0 Å². The van der Waals surface area contributed by atoms with E-state index in [-0.39, 0.29) is 5.56 Å². The molecule has 1 aliphatic rings. The van der Waals surface area contributed by atoms with Crippen molar-refractivity contribution in [2.75, 3.05) is 26.6 Å². The average molecular weight is 404 g/mol. The lowest BCUT2D eigenvalue weighted by Gasteiger charge is -2.18. The third kappa shape index (κ3) is 3.64. The van der Waals surface area contributed by atoms with Crippen molar-refractivity contribution in [3.05, 3.63) is 33.7 Å². The molecular formula is C20H24N2O5S. The molecule has 28 heavy (non-hydrogen) atoms. The Labute approximate surface area is 167 Å². The van der Waals surface area contributed by atoms with Crippen molar-refractivity contribution in [3.63, 3.8) is 0 Å². The number of hydrogen-bond acceptors (Lipinski definition) is 6. The number of thiophene rings is 1. The number of nitrogens with two attached hydrogens (primary N) is 1. The average Bonchev–Trinajstić information content (AvgIpc) is 3.03. The van der Waals surface area contributed by atoms with E-state index in [9.17, 15) is 9.59 Å². The molecule has 2 aromatic rings. The molecule has 1 heterocycles. The molecule has 0 bridgehead atoms. The van der Waals surface area contributed by atoms with E-state index in [4.69, 9.17) is 19.9 Å². The van der Waals surface area contributed by atoms with Crippen LogP contribution in [-0.4, -0.2) is 33.1 Å². The van der Waals surface area contributed by atoms with E-state index in [2.05, 4.69) is 12.2 Å². The topological polar surface area (TPSA) is 99.9 Å². The SMILES string of the molecule is COc1cc(OC)c(C(=O)Nc2sc3c(c2C(N)=O)CC[C@H](C)C3)cc1OC. The number of ether oxygens (including phenoxy) is 3. The van der Waals surface area contributed by atoms with E-state index in [1.165, 1.54) is 32.7 Å². The maximum Gasteiger partial charge on any atom is 0.260 e. The minimum atomic E-state index is -0.526. The van der Waals surface area contributed by atoms with Crippen LogP contribution in [0.4, 0.5) is 5.00 Å². The van der Waals surface area contributed by atoms with E-state index in [0.29, 0.717) is 33.7 Å². The molecule has 0 unspecified atom stereocenters. The van der Waals surface area contributed by atoms with Crippen LogP contribution < -0.4 is 25.3 Å². The Morgan fingerprint density at radius 2 is 1.75 bits per heavy atom. The molecule has 1 aromatic carbocycles. The summed E-state index contributed by atoms with van der Waals surface area (Å²) in [6, 6.07) is 3.14. The Bertz CT molecular complexity index is 922. The Morgan fingerprint density at radius 1 is 1.11 bits per heavy atom. The fourth-order valence-corrected chi connectivity index (χ4v) is 4.89. The van der Waals surface area contributed by atoms with Crippen LogP contribution in [0.5, 0.6) is 17.2 Å². The van der Waals surface area contributed by atoms with E-state index in [0.717, 1.165) is 29.7 Å². The van der Waals surface area contributed by atoms with Gasteiger partial charge < -0.3 is 25.3 Å². The number of benzene rings is 1. The number of primary amides is 1. The summed E-state index contributed by atoms with van der Waals surface area (Å²) in [7, 11) is 4.47. The highest BCUT2D eigenvalue weighted by molar-refractivity contribution is 7.17. The summed E-state index contributed by atoms with van der Waals surface area (Å²) in [4.78, 5) is 26.2. The van der Waals surface area contributed by atoms with E-state index >= 15 is 0 Å². The number of fused-ring (bicyclic) bond motifs is 1. The molecule has 150 valence electrons. The van der Waals surface area contributed by atoms with Crippen molar-refractivity contribution in [2.45, 2.75) is 26.2 Å². The van der Waals surface area contributed by atoms with Crippen LogP contribution in [-0.2, 0) is 12.8 Å². The second-order valence-electron chi connectivity index (χ2n) is 6.78. The van der Waals surface area contributed by atoms with Crippen molar-refractivity contribution in [2.24, 2.45) is 11.7 Å². The molecule has 2 amide bonds. The van der Waals surface area contributed by atoms with Gasteiger partial charge in [0, 0.05) is 17.0 Å². The summed E-state index contributed by atoms with van der Waals surface area (Å²) in [5.74, 6) is 0.804. The molecule has 0 radical (unpaired) electrons. The first-order valence-corrected chi connectivity index (χ1v) is 9.76. The molecule has 3 N–H and O–H groups in total. The fraction of sp³-hybridized carbons (Fsp3) is 0.400. The van der Waals surface area contributed by atoms with Gasteiger partial charge in [0.15, 0.2) is 11.5 Å². The minimum Gasteiger partial charge on any atom is -0.496 e. The number of carbonyl (C=O) groups is 2. The Kier molecular flexibility index (Phi) is 5.79. The smallest absolute Gasteiger partial charge is 0.260 e.